The fourth-order valence-electron chi connectivity index (χ4n) is 5.78. The number of H-pyrrole nitrogens is 1. The van der Waals surface area contributed by atoms with Crippen molar-refractivity contribution in [1.29, 1.82) is 0 Å². The number of aliphatic hydroxyl groups is 1. The Morgan fingerprint density at radius 3 is 2.83 bits per heavy atom. The molecule has 6 heteroatoms. The maximum absolute atomic E-state index is 13.0. The fourth-order valence-corrected chi connectivity index (χ4v) is 5.78. The average molecular weight is 400 g/mol. The van der Waals surface area contributed by atoms with Gasteiger partial charge in [0.15, 0.2) is 0 Å². The van der Waals surface area contributed by atoms with Crippen molar-refractivity contribution in [2.24, 2.45) is 11.8 Å². The highest BCUT2D eigenvalue weighted by molar-refractivity contribution is 5.99. The van der Waals surface area contributed by atoms with E-state index in [9.17, 15) is 14.3 Å². The molecule has 3 N–H and O–H groups in total. The second-order valence-electron chi connectivity index (χ2n) is 9.14. The maximum atomic E-state index is 13.0. The number of fused-ring (bicyclic) bond motifs is 4. The molecule has 0 radical (unpaired) electrons. The number of aliphatic hydroxyl groups excluding tert-OH is 1. The van der Waals surface area contributed by atoms with E-state index in [2.05, 4.69) is 15.2 Å². The lowest BCUT2D eigenvalue weighted by Crippen LogP contribution is -2.49. The molecule has 1 amide bonds. The largest absolute Gasteiger partial charge is 0.391 e. The maximum Gasteiger partial charge on any atom is 0.251 e. The minimum Gasteiger partial charge on any atom is -0.391 e. The molecule has 5 rings (SSSR count). The summed E-state index contributed by atoms with van der Waals surface area (Å²) in [4.78, 5) is 18.6. The lowest BCUT2D eigenvalue weighted by atomic mass is 9.77. The number of amides is 1. The monoisotopic (exact) mass is 399 g/mol. The highest BCUT2D eigenvalue weighted by Crippen LogP contribution is 2.36. The van der Waals surface area contributed by atoms with Crippen LogP contribution in [0.25, 0.3) is 10.9 Å². The van der Waals surface area contributed by atoms with E-state index in [-0.39, 0.29) is 18.6 Å². The minimum atomic E-state index is -0.533. The van der Waals surface area contributed by atoms with Gasteiger partial charge in [-0.2, -0.15) is 0 Å². The number of alkyl halides is 1. The Bertz CT molecular complexity index is 911. The first-order chi connectivity index (χ1) is 14.1. The van der Waals surface area contributed by atoms with Crippen LogP contribution in [-0.4, -0.2) is 59.4 Å². The van der Waals surface area contributed by atoms with Crippen molar-refractivity contribution >= 4 is 16.8 Å². The summed E-state index contributed by atoms with van der Waals surface area (Å²) in [5, 5.41) is 14.9. The number of aromatic nitrogens is 1. The van der Waals surface area contributed by atoms with Crippen LogP contribution in [0.3, 0.4) is 0 Å². The third kappa shape index (κ3) is 3.57. The van der Waals surface area contributed by atoms with Gasteiger partial charge in [0.1, 0.15) is 6.67 Å². The lowest BCUT2D eigenvalue weighted by Gasteiger charge is -2.35. The fraction of sp³-hybridized carbons (Fsp3) is 0.609. The van der Waals surface area contributed by atoms with Crippen LogP contribution < -0.4 is 5.32 Å². The zero-order valence-electron chi connectivity index (χ0n) is 16.8. The zero-order valence-corrected chi connectivity index (χ0v) is 16.8. The first-order valence-electron chi connectivity index (χ1n) is 11.0. The van der Waals surface area contributed by atoms with E-state index in [1.54, 1.807) is 0 Å². The van der Waals surface area contributed by atoms with E-state index < -0.39 is 6.10 Å². The second-order valence-corrected chi connectivity index (χ2v) is 9.14. The molecule has 29 heavy (non-hydrogen) atoms. The van der Waals surface area contributed by atoms with E-state index >= 15 is 0 Å². The average Bonchev–Trinajstić information content (AvgIpc) is 3.28. The summed E-state index contributed by atoms with van der Waals surface area (Å²) < 4.78 is 12.7. The number of aryl methyl sites for hydroxylation is 2. The summed E-state index contributed by atoms with van der Waals surface area (Å²) in [5.74, 6) is 0.723. The number of benzene rings is 1. The van der Waals surface area contributed by atoms with Crippen molar-refractivity contribution in [1.82, 2.24) is 15.2 Å². The Hall–Kier alpha value is -1.92. The Labute approximate surface area is 170 Å². The van der Waals surface area contributed by atoms with Crippen molar-refractivity contribution in [2.45, 2.75) is 50.7 Å². The molecule has 1 aliphatic heterocycles. The van der Waals surface area contributed by atoms with Gasteiger partial charge >= 0.3 is 0 Å². The van der Waals surface area contributed by atoms with Gasteiger partial charge in [0.25, 0.3) is 5.91 Å². The van der Waals surface area contributed by atoms with Gasteiger partial charge in [-0.25, -0.2) is 4.39 Å². The molecule has 5 nitrogen and oxygen atoms in total. The molecule has 2 fully saturated rings. The molecule has 3 aliphatic rings. The van der Waals surface area contributed by atoms with E-state index in [4.69, 9.17) is 0 Å². The minimum absolute atomic E-state index is 0.112. The van der Waals surface area contributed by atoms with Crippen LogP contribution in [0.1, 0.15) is 47.3 Å². The van der Waals surface area contributed by atoms with Gasteiger partial charge in [-0.3, -0.25) is 4.79 Å². The number of rotatable bonds is 4. The number of halogens is 1. The second kappa shape index (κ2) is 7.73. The Morgan fingerprint density at radius 2 is 2.00 bits per heavy atom. The molecule has 0 bridgehead atoms. The number of carbonyl (C=O) groups excluding carboxylic acids is 1. The summed E-state index contributed by atoms with van der Waals surface area (Å²) in [6, 6.07) is 5.64. The lowest BCUT2D eigenvalue weighted by molar-refractivity contribution is 0.0461. The quantitative estimate of drug-likeness (QED) is 0.741. The topological polar surface area (TPSA) is 68.4 Å². The van der Waals surface area contributed by atoms with E-state index in [0.717, 1.165) is 43.3 Å². The van der Waals surface area contributed by atoms with Crippen molar-refractivity contribution in [3.05, 3.63) is 35.0 Å². The summed E-state index contributed by atoms with van der Waals surface area (Å²) in [6.07, 6.45) is 5.49. The number of aromatic amines is 1. The molecule has 156 valence electrons. The number of carbonyl (C=O) groups is 1. The Balaban J connectivity index is 1.30. The molecule has 1 saturated carbocycles. The van der Waals surface area contributed by atoms with Crippen molar-refractivity contribution in [3.8, 4) is 0 Å². The predicted octanol–water partition coefficient (Wildman–Crippen LogP) is 2.82. The molecule has 2 aromatic rings. The smallest absolute Gasteiger partial charge is 0.251 e. The van der Waals surface area contributed by atoms with Crippen molar-refractivity contribution in [2.75, 3.05) is 26.3 Å². The highest BCUT2D eigenvalue weighted by atomic mass is 19.1. The molecule has 2 aliphatic carbocycles. The van der Waals surface area contributed by atoms with Gasteiger partial charge < -0.3 is 20.3 Å². The van der Waals surface area contributed by atoms with E-state index in [1.165, 1.54) is 24.1 Å². The van der Waals surface area contributed by atoms with Crippen LogP contribution in [0.4, 0.5) is 4.39 Å². The first-order valence-corrected chi connectivity index (χ1v) is 11.0. The number of nitrogens with zero attached hydrogens (tertiary/aromatic N) is 1. The van der Waals surface area contributed by atoms with Crippen LogP contribution in [0, 0.1) is 11.8 Å². The summed E-state index contributed by atoms with van der Waals surface area (Å²) in [6.45, 7) is 1.88. The molecule has 1 saturated heterocycles. The van der Waals surface area contributed by atoms with Gasteiger partial charge in [-0.15, -0.1) is 0 Å². The van der Waals surface area contributed by atoms with Gasteiger partial charge in [0.05, 0.1) is 12.1 Å². The van der Waals surface area contributed by atoms with Crippen LogP contribution in [0.5, 0.6) is 0 Å². The molecule has 2 heterocycles. The number of hydrogen-bond donors (Lipinski definition) is 3. The van der Waals surface area contributed by atoms with Gasteiger partial charge in [-0.1, -0.05) is 0 Å². The molecule has 0 unspecified atom stereocenters. The first kappa shape index (κ1) is 19.1. The third-order valence-electron chi connectivity index (χ3n) is 7.29. The predicted molar refractivity (Wildman–Crippen MR) is 111 cm³/mol. The van der Waals surface area contributed by atoms with Gasteiger partial charge in [0, 0.05) is 41.8 Å². The van der Waals surface area contributed by atoms with Gasteiger partial charge in [0.2, 0.25) is 0 Å². The third-order valence-corrected chi connectivity index (χ3v) is 7.29. The number of likely N-dealkylation sites (tertiary alicyclic amines) is 1. The number of hydrogen-bond acceptors (Lipinski definition) is 3. The number of nitrogens with one attached hydrogen (secondary N) is 2. The summed E-state index contributed by atoms with van der Waals surface area (Å²) >= 11 is 0. The summed E-state index contributed by atoms with van der Waals surface area (Å²) in [5.41, 5.74) is 4.44. The van der Waals surface area contributed by atoms with Crippen LogP contribution in [-0.2, 0) is 12.8 Å². The van der Waals surface area contributed by atoms with Gasteiger partial charge in [-0.05, 0) is 74.1 Å². The Morgan fingerprint density at radius 1 is 1.21 bits per heavy atom. The molecule has 4 atom stereocenters. The van der Waals surface area contributed by atoms with Crippen LogP contribution in [0.15, 0.2) is 18.2 Å². The molecule has 1 aromatic carbocycles. The SMILES string of the molecule is O=C(N[C@H]1C[C@H]2CN(CCF)C[C@H]2C[C@@H]1O)c1ccc2[nH]c3c(c2c1)CCCC3. The molecule has 1 aromatic heterocycles. The van der Waals surface area contributed by atoms with Crippen molar-refractivity contribution in [3.63, 3.8) is 0 Å². The highest BCUT2D eigenvalue weighted by Gasteiger charge is 2.42. The van der Waals surface area contributed by atoms with E-state index in [0.29, 0.717) is 30.4 Å². The summed E-state index contributed by atoms with van der Waals surface area (Å²) in [7, 11) is 0. The van der Waals surface area contributed by atoms with Crippen LogP contribution >= 0.6 is 0 Å². The van der Waals surface area contributed by atoms with Crippen LogP contribution in [0.2, 0.25) is 0 Å². The van der Waals surface area contributed by atoms with Crippen molar-refractivity contribution < 1.29 is 14.3 Å². The molecular weight excluding hydrogens is 369 g/mol. The molecular formula is C23H30FN3O2. The normalized spacial score (nSPS) is 29.6. The standard InChI is InChI=1S/C23H30FN3O2/c24-7-8-27-12-15-10-21(22(28)11-16(15)13-27)26-23(29)14-5-6-20-18(9-14)17-3-1-2-4-19(17)25-20/h5-6,9,15-16,21-22,25,28H,1-4,7-8,10-13H2,(H,26,29)/t15-,16+,21-,22-/m0/s1. The zero-order chi connectivity index (χ0) is 20.0. The van der Waals surface area contributed by atoms with E-state index in [1.807, 2.05) is 18.2 Å². The Kier molecular flexibility index (Phi) is 5.08. The molecule has 0 spiro atoms.